The molecule has 8 nitrogen and oxygen atoms in total. The zero-order valence-electron chi connectivity index (χ0n) is 13.5. The van der Waals surface area contributed by atoms with Crippen molar-refractivity contribution in [2.45, 2.75) is 39.7 Å². The van der Waals surface area contributed by atoms with Crippen molar-refractivity contribution in [3.8, 4) is 0 Å². The Balaban J connectivity index is 1.75. The summed E-state index contributed by atoms with van der Waals surface area (Å²) in [5.41, 5.74) is 1.06. The van der Waals surface area contributed by atoms with Crippen LogP contribution in [0.4, 0.5) is 5.13 Å². The number of fused-ring (bicyclic) bond motifs is 1. The lowest BCUT2D eigenvalue weighted by Gasteiger charge is -2.04. The van der Waals surface area contributed by atoms with Crippen LogP contribution >= 0.6 is 11.3 Å². The Hall–Kier alpha value is -2.55. The van der Waals surface area contributed by atoms with Gasteiger partial charge in [0.1, 0.15) is 18.4 Å². The van der Waals surface area contributed by atoms with Gasteiger partial charge in [0.15, 0.2) is 5.13 Å². The fourth-order valence-electron chi connectivity index (χ4n) is 2.42. The predicted octanol–water partition coefficient (Wildman–Crippen LogP) is 1.50. The third-order valence-corrected chi connectivity index (χ3v) is 4.71. The second-order valence-electron chi connectivity index (χ2n) is 5.30. The number of carbonyl (C=O) groups excluding carboxylic acids is 1. The van der Waals surface area contributed by atoms with Crippen molar-refractivity contribution in [1.29, 1.82) is 0 Å². The zero-order valence-corrected chi connectivity index (χ0v) is 14.3. The van der Waals surface area contributed by atoms with Gasteiger partial charge in [-0.15, -0.1) is 11.3 Å². The minimum Gasteiger partial charge on any atom is -0.300 e. The Labute approximate surface area is 142 Å². The summed E-state index contributed by atoms with van der Waals surface area (Å²) < 4.78 is 2.50. The number of anilines is 1. The van der Waals surface area contributed by atoms with Crippen molar-refractivity contribution in [3.63, 3.8) is 0 Å². The Kier molecular flexibility index (Phi) is 4.70. The van der Waals surface area contributed by atoms with E-state index in [0.29, 0.717) is 10.6 Å². The van der Waals surface area contributed by atoms with E-state index >= 15 is 0 Å². The Bertz CT molecular complexity index is 926. The quantitative estimate of drug-likeness (QED) is 0.730. The van der Waals surface area contributed by atoms with Crippen molar-refractivity contribution < 1.29 is 4.79 Å². The molecule has 3 aromatic heterocycles. The Morgan fingerprint density at radius 2 is 2.17 bits per heavy atom. The van der Waals surface area contributed by atoms with Crippen LogP contribution in [0.15, 0.2) is 23.4 Å². The highest BCUT2D eigenvalue weighted by atomic mass is 32.1. The van der Waals surface area contributed by atoms with E-state index in [4.69, 9.17) is 0 Å². The summed E-state index contributed by atoms with van der Waals surface area (Å²) in [7, 11) is 0. The lowest BCUT2D eigenvalue weighted by Crippen LogP contribution is -2.30. The molecule has 9 heteroatoms. The van der Waals surface area contributed by atoms with Crippen LogP contribution in [-0.4, -0.2) is 30.3 Å². The molecule has 0 aliphatic carbocycles. The van der Waals surface area contributed by atoms with Crippen LogP contribution in [0.1, 0.15) is 30.8 Å². The van der Waals surface area contributed by atoms with E-state index in [1.165, 1.54) is 33.3 Å². The van der Waals surface area contributed by atoms with Crippen molar-refractivity contribution in [2.24, 2.45) is 0 Å². The number of aromatic nitrogens is 5. The van der Waals surface area contributed by atoms with Crippen molar-refractivity contribution >= 4 is 27.9 Å². The van der Waals surface area contributed by atoms with E-state index in [-0.39, 0.29) is 18.0 Å². The van der Waals surface area contributed by atoms with Gasteiger partial charge in [-0.1, -0.05) is 20.3 Å². The molecule has 1 N–H and O–H groups in total. The Morgan fingerprint density at radius 3 is 2.92 bits per heavy atom. The van der Waals surface area contributed by atoms with Gasteiger partial charge in [0.2, 0.25) is 5.91 Å². The predicted molar refractivity (Wildman–Crippen MR) is 91.4 cm³/mol. The molecule has 3 rings (SSSR count). The maximum Gasteiger partial charge on any atom is 0.293 e. The zero-order chi connectivity index (χ0) is 17.1. The molecular formula is C15H18N6O2S. The molecule has 1 amide bonds. The lowest BCUT2D eigenvalue weighted by molar-refractivity contribution is -0.117. The van der Waals surface area contributed by atoms with Crippen molar-refractivity contribution in [2.75, 3.05) is 5.32 Å². The topological polar surface area (TPSA) is 94.2 Å². The van der Waals surface area contributed by atoms with Gasteiger partial charge >= 0.3 is 0 Å². The maximum atomic E-state index is 12.2. The minimum atomic E-state index is -0.356. The van der Waals surface area contributed by atoms with Gasteiger partial charge in [-0.3, -0.25) is 9.59 Å². The van der Waals surface area contributed by atoms with Crippen molar-refractivity contribution in [3.05, 3.63) is 39.5 Å². The van der Waals surface area contributed by atoms with Crippen LogP contribution in [0.5, 0.6) is 0 Å². The number of aryl methyl sites for hydroxylation is 2. The first-order chi connectivity index (χ1) is 11.6. The fraction of sp³-hybridized carbons (Fsp3) is 0.400. The van der Waals surface area contributed by atoms with Gasteiger partial charge < -0.3 is 5.32 Å². The van der Waals surface area contributed by atoms with Crippen molar-refractivity contribution in [1.82, 2.24) is 24.4 Å². The number of rotatable bonds is 6. The molecule has 126 valence electrons. The third-order valence-electron chi connectivity index (χ3n) is 3.55. The number of hydrogen-bond acceptors (Lipinski definition) is 6. The normalized spacial score (nSPS) is 11.1. The SMILES string of the molecule is CCCc1nc(NC(=O)Cn2ncn3nccc3c2=O)sc1CC. The summed E-state index contributed by atoms with van der Waals surface area (Å²) in [5, 5.41) is 11.2. The monoisotopic (exact) mass is 346 g/mol. The highest BCUT2D eigenvalue weighted by Crippen LogP contribution is 2.24. The summed E-state index contributed by atoms with van der Waals surface area (Å²) in [4.78, 5) is 30.1. The molecule has 0 bridgehead atoms. The molecular weight excluding hydrogens is 328 g/mol. The van der Waals surface area contributed by atoms with Crippen LogP contribution in [-0.2, 0) is 24.2 Å². The standard InChI is InChI=1S/C15H18N6O2S/c1-3-5-10-12(4-2)24-15(18-10)19-13(22)8-20-14(23)11-6-7-16-21(11)9-17-20/h6-7,9H,3-5,8H2,1-2H3,(H,18,19,22). The number of thiazole rings is 1. The molecule has 3 aromatic rings. The first-order valence-electron chi connectivity index (χ1n) is 7.80. The minimum absolute atomic E-state index is 0.162. The van der Waals surface area contributed by atoms with Gasteiger partial charge in [0.05, 0.1) is 11.9 Å². The third kappa shape index (κ3) is 3.21. The molecule has 0 aliphatic heterocycles. The van der Waals surface area contributed by atoms with E-state index in [1.54, 1.807) is 6.07 Å². The lowest BCUT2D eigenvalue weighted by atomic mass is 10.2. The molecule has 0 spiro atoms. The van der Waals surface area contributed by atoms with E-state index in [2.05, 4.69) is 34.3 Å². The molecule has 0 saturated heterocycles. The molecule has 0 radical (unpaired) electrons. The van der Waals surface area contributed by atoms with Crippen LogP contribution in [0.2, 0.25) is 0 Å². The van der Waals surface area contributed by atoms with Crippen LogP contribution in [0.3, 0.4) is 0 Å². The average molecular weight is 346 g/mol. The molecule has 0 saturated carbocycles. The second-order valence-corrected chi connectivity index (χ2v) is 6.38. The largest absolute Gasteiger partial charge is 0.300 e. The number of carbonyl (C=O) groups is 1. The highest BCUT2D eigenvalue weighted by Gasteiger charge is 2.13. The highest BCUT2D eigenvalue weighted by molar-refractivity contribution is 7.15. The first kappa shape index (κ1) is 16.3. The van der Waals surface area contributed by atoms with Gasteiger partial charge in [-0.2, -0.15) is 10.2 Å². The number of nitrogens with zero attached hydrogens (tertiary/aromatic N) is 5. The second kappa shape index (κ2) is 6.91. The summed E-state index contributed by atoms with van der Waals surface area (Å²) in [5.74, 6) is -0.326. The molecule has 24 heavy (non-hydrogen) atoms. The number of hydrogen-bond donors (Lipinski definition) is 1. The van der Waals surface area contributed by atoms with Gasteiger partial charge in [-0.25, -0.2) is 14.2 Å². The smallest absolute Gasteiger partial charge is 0.293 e. The van der Waals surface area contributed by atoms with Gasteiger partial charge in [0.25, 0.3) is 5.56 Å². The number of nitrogens with one attached hydrogen (secondary N) is 1. The van der Waals surface area contributed by atoms with Gasteiger partial charge in [-0.05, 0) is 18.9 Å². The summed E-state index contributed by atoms with van der Waals surface area (Å²) in [6.45, 7) is 4.01. The van der Waals surface area contributed by atoms with Gasteiger partial charge in [0, 0.05) is 4.88 Å². The van der Waals surface area contributed by atoms with Crippen LogP contribution in [0.25, 0.3) is 5.52 Å². The molecule has 0 aliphatic rings. The summed E-state index contributed by atoms with van der Waals surface area (Å²) in [6, 6.07) is 1.59. The first-order valence-corrected chi connectivity index (χ1v) is 8.62. The maximum absolute atomic E-state index is 12.2. The molecule has 0 unspecified atom stereocenters. The molecule has 0 aromatic carbocycles. The van der Waals surface area contributed by atoms with Crippen LogP contribution in [0, 0.1) is 0 Å². The van der Waals surface area contributed by atoms with E-state index in [9.17, 15) is 9.59 Å². The molecule has 0 atom stereocenters. The van der Waals surface area contributed by atoms with E-state index in [1.807, 2.05) is 0 Å². The van der Waals surface area contributed by atoms with E-state index < -0.39 is 0 Å². The molecule has 3 heterocycles. The fourth-order valence-corrected chi connectivity index (χ4v) is 3.39. The summed E-state index contributed by atoms with van der Waals surface area (Å²) in [6.07, 6.45) is 5.72. The Morgan fingerprint density at radius 1 is 1.33 bits per heavy atom. The molecule has 0 fully saturated rings. The average Bonchev–Trinajstić information content (AvgIpc) is 3.17. The van der Waals surface area contributed by atoms with Crippen LogP contribution < -0.4 is 10.9 Å². The summed E-state index contributed by atoms with van der Waals surface area (Å²) >= 11 is 1.48. The van der Waals surface area contributed by atoms with E-state index in [0.717, 1.165) is 29.6 Å². The number of amides is 1.